The third kappa shape index (κ3) is 10.5. The Morgan fingerprint density at radius 2 is 1.80 bits per heavy atom. The van der Waals surface area contributed by atoms with Crippen LogP contribution in [0.2, 0.25) is 0 Å². The Morgan fingerprint density at radius 3 is 2.37 bits per heavy atom. The molecule has 0 spiro atoms. The number of carbonyl (C=O) groups excluding carboxylic acids is 3. The molecule has 2 unspecified atom stereocenters. The minimum atomic E-state index is -0.794. The zero-order valence-corrected chi connectivity index (χ0v) is 23.6. The van der Waals surface area contributed by atoms with Gasteiger partial charge in [-0.1, -0.05) is 43.5 Å². The molecule has 198 valence electrons. The second-order valence-electron chi connectivity index (χ2n) is 9.87. The van der Waals surface area contributed by atoms with Gasteiger partial charge in [0, 0.05) is 13.1 Å². The molecule has 0 aliphatic rings. The van der Waals surface area contributed by atoms with Crippen LogP contribution in [0.25, 0.3) is 0 Å². The van der Waals surface area contributed by atoms with E-state index in [1.807, 2.05) is 45.2 Å². The summed E-state index contributed by atoms with van der Waals surface area (Å²) in [7, 11) is 0. The van der Waals surface area contributed by atoms with Gasteiger partial charge in [-0.25, -0.2) is 4.79 Å². The van der Waals surface area contributed by atoms with Crippen LogP contribution in [-0.2, 0) is 14.3 Å². The average Bonchev–Trinajstić information content (AvgIpc) is 2.77. The number of alkyl carbamates (subject to hydrolysis) is 1. The summed E-state index contributed by atoms with van der Waals surface area (Å²) in [4.78, 5) is 41.5. The van der Waals surface area contributed by atoms with E-state index in [9.17, 15) is 14.4 Å². The third-order valence-electron chi connectivity index (χ3n) is 5.59. The van der Waals surface area contributed by atoms with Crippen LogP contribution in [-0.4, -0.2) is 59.5 Å². The van der Waals surface area contributed by atoms with E-state index in [1.165, 1.54) is 0 Å². The first kappa shape index (κ1) is 30.8. The number of aryl methyl sites for hydroxylation is 2. The van der Waals surface area contributed by atoms with Crippen molar-refractivity contribution < 1.29 is 19.1 Å². The molecule has 0 radical (unpaired) electrons. The molecule has 0 saturated heterocycles. The summed E-state index contributed by atoms with van der Waals surface area (Å²) < 4.78 is 5.41. The van der Waals surface area contributed by atoms with Crippen LogP contribution in [0.15, 0.2) is 18.2 Å². The van der Waals surface area contributed by atoms with Gasteiger partial charge < -0.3 is 20.3 Å². The van der Waals surface area contributed by atoms with Gasteiger partial charge in [-0.15, -0.1) is 0 Å². The lowest BCUT2D eigenvalue weighted by Gasteiger charge is -2.34. The second kappa shape index (κ2) is 15.0. The zero-order valence-electron chi connectivity index (χ0n) is 22.8. The fourth-order valence-electron chi connectivity index (χ4n) is 3.80. The van der Waals surface area contributed by atoms with Crippen LogP contribution in [0.1, 0.15) is 83.0 Å². The maximum absolute atomic E-state index is 13.8. The van der Waals surface area contributed by atoms with Crippen LogP contribution in [0.5, 0.6) is 0 Å². The summed E-state index contributed by atoms with van der Waals surface area (Å²) in [5.74, 6) is 0.189. The molecule has 1 aromatic carbocycles. The number of benzene rings is 1. The first-order valence-electron chi connectivity index (χ1n) is 12.6. The van der Waals surface area contributed by atoms with Crippen molar-refractivity contribution in [3.8, 4) is 0 Å². The molecular formula is C27H45N3O4S. The molecule has 2 atom stereocenters. The molecule has 35 heavy (non-hydrogen) atoms. The van der Waals surface area contributed by atoms with Gasteiger partial charge in [-0.2, -0.15) is 11.8 Å². The van der Waals surface area contributed by atoms with Gasteiger partial charge in [0.25, 0.3) is 0 Å². The number of ether oxygens (including phenoxy) is 1. The highest BCUT2D eigenvalue weighted by Gasteiger charge is 2.36. The van der Waals surface area contributed by atoms with Crippen molar-refractivity contribution in [2.24, 2.45) is 0 Å². The summed E-state index contributed by atoms with van der Waals surface area (Å²) in [5, 5.41) is 5.79. The number of carbonyl (C=O) groups is 3. The maximum Gasteiger partial charge on any atom is 0.408 e. The number of thioether (sulfide) groups is 1. The molecule has 0 aliphatic carbocycles. The first-order chi connectivity index (χ1) is 16.4. The quantitative estimate of drug-likeness (QED) is 0.361. The molecule has 0 saturated carbocycles. The minimum absolute atomic E-state index is 0.203. The number of hydrogen-bond donors (Lipinski definition) is 2. The predicted octanol–water partition coefficient (Wildman–Crippen LogP) is 5.15. The van der Waals surface area contributed by atoms with Crippen LogP contribution in [0.3, 0.4) is 0 Å². The van der Waals surface area contributed by atoms with Gasteiger partial charge in [0.2, 0.25) is 11.8 Å². The molecule has 7 nitrogen and oxygen atoms in total. The monoisotopic (exact) mass is 507 g/mol. The van der Waals surface area contributed by atoms with Crippen molar-refractivity contribution >= 4 is 29.7 Å². The van der Waals surface area contributed by atoms with Gasteiger partial charge in [0.1, 0.15) is 17.7 Å². The van der Waals surface area contributed by atoms with Crippen molar-refractivity contribution in [2.45, 2.75) is 91.8 Å². The Kier molecular flexibility index (Phi) is 13.2. The number of amides is 3. The van der Waals surface area contributed by atoms with Crippen molar-refractivity contribution in [3.05, 3.63) is 34.9 Å². The largest absolute Gasteiger partial charge is 0.444 e. The Morgan fingerprint density at radius 1 is 1.11 bits per heavy atom. The standard InChI is InChI=1S/C27H45N3O4S/c1-9-11-12-16-28-24(31)23(21-18-19(3)13-14-20(21)4)30(10-2)25(32)22(15-17-35-8)29-26(33)34-27(5,6)7/h13-14,18,22-23H,9-12,15-17H2,1-8H3,(H,28,31)(H,29,33). The number of hydrogen-bond acceptors (Lipinski definition) is 5. The molecule has 0 aliphatic heterocycles. The van der Waals surface area contributed by atoms with Gasteiger partial charge in [0.05, 0.1) is 0 Å². The number of likely N-dealkylation sites (N-methyl/N-ethyl adjacent to an activating group) is 1. The molecule has 1 rings (SSSR count). The highest BCUT2D eigenvalue weighted by atomic mass is 32.2. The van der Waals surface area contributed by atoms with Crippen molar-refractivity contribution in [1.29, 1.82) is 0 Å². The number of nitrogens with one attached hydrogen (secondary N) is 2. The SMILES string of the molecule is CCCCCNC(=O)C(c1cc(C)ccc1C)N(CC)C(=O)C(CCSC)NC(=O)OC(C)(C)C. The molecule has 8 heteroatoms. The molecular weight excluding hydrogens is 462 g/mol. The molecule has 0 bridgehead atoms. The lowest BCUT2D eigenvalue weighted by Crippen LogP contribution is -2.53. The lowest BCUT2D eigenvalue weighted by molar-refractivity contribution is -0.142. The Hall–Kier alpha value is -2.22. The second-order valence-corrected chi connectivity index (χ2v) is 10.9. The Bertz CT molecular complexity index is 838. The van der Waals surface area contributed by atoms with Crippen LogP contribution < -0.4 is 10.6 Å². The fraction of sp³-hybridized carbons (Fsp3) is 0.667. The topological polar surface area (TPSA) is 87.7 Å². The Labute approximate surface area is 216 Å². The van der Waals surface area contributed by atoms with E-state index in [2.05, 4.69) is 17.6 Å². The van der Waals surface area contributed by atoms with Crippen LogP contribution in [0, 0.1) is 13.8 Å². The summed E-state index contributed by atoms with van der Waals surface area (Å²) in [6, 6.07) is 4.37. The summed E-state index contributed by atoms with van der Waals surface area (Å²) in [6.07, 6.45) is 4.73. The molecule has 3 amide bonds. The van der Waals surface area contributed by atoms with Crippen molar-refractivity contribution in [3.63, 3.8) is 0 Å². The van der Waals surface area contributed by atoms with E-state index >= 15 is 0 Å². The van der Waals surface area contributed by atoms with Gasteiger partial charge in [0.15, 0.2) is 0 Å². The molecule has 0 heterocycles. The highest BCUT2D eigenvalue weighted by molar-refractivity contribution is 7.98. The van der Waals surface area contributed by atoms with E-state index in [-0.39, 0.29) is 11.8 Å². The summed E-state index contributed by atoms with van der Waals surface area (Å²) in [5.41, 5.74) is 2.08. The van der Waals surface area contributed by atoms with Crippen molar-refractivity contribution in [2.75, 3.05) is 25.1 Å². The van der Waals surface area contributed by atoms with Crippen molar-refractivity contribution in [1.82, 2.24) is 15.5 Å². The fourth-order valence-corrected chi connectivity index (χ4v) is 4.27. The zero-order chi connectivity index (χ0) is 26.6. The molecule has 2 N–H and O–H groups in total. The first-order valence-corrected chi connectivity index (χ1v) is 14.0. The third-order valence-corrected chi connectivity index (χ3v) is 6.24. The van der Waals surface area contributed by atoms with E-state index in [0.717, 1.165) is 36.0 Å². The van der Waals surface area contributed by atoms with E-state index < -0.39 is 23.8 Å². The lowest BCUT2D eigenvalue weighted by atomic mass is 9.96. The molecule has 0 aromatic heterocycles. The van der Waals surface area contributed by atoms with Gasteiger partial charge in [-0.3, -0.25) is 9.59 Å². The van der Waals surface area contributed by atoms with E-state index in [0.29, 0.717) is 25.3 Å². The smallest absolute Gasteiger partial charge is 0.408 e. The maximum atomic E-state index is 13.8. The Balaban J connectivity index is 3.33. The van der Waals surface area contributed by atoms with E-state index in [4.69, 9.17) is 4.74 Å². The minimum Gasteiger partial charge on any atom is -0.444 e. The van der Waals surface area contributed by atoms with Gasteiger partial charge >= 0.3 is 6.09 Å². The number of nitrogens with zero attached hydrogens (tertiary/aromatic N) is 1. The highest BCUT2D eigenvalue weighted by Crippen LogP contribution is 2.27. The predicted molar refractivity (Wildman–Crippen MR) is 145 cm³/mol. The molecule has 1 aromatic rings. The number of unbranched alkanes of at least 4 members (excludes halogenated alkanes) is 2. The summed E-state index contributed by atoms with van der Waals surface area (Å²) in [6.45, 7) is 14.1. The average molecular weight is 508 g/mol. The number of rotatable bonds is 13. The van der Waals surface area contributed by atoms with Gasteiger partial charge in [-0.05, 0) is 77.5 Å². The summed E-state index contributed by atoms with van der Waals surface area (Å²) >= 11 is 1.60. The normalized spacial score (nSPS) is 13.0. The van der Waals surface area contributed by atoms with Crippen LogP contribution in [0.4, 0.5) is 4.79 Å². The molecule has 0 fully saturated rings. The van der Waals surface area contributed by atoms with Crippen LogP contribution >= 0.6 is 11.8 Å². The van der Waals surface area contributed by atoms with E-state index in [1.54, 1.807) is 37.4 Å².